The fourth-order valence-electron chi connectivity index (χ4n) is 2.42. The number of amides is 1. The van der Waals surface area contributed by atoms with Gasteiger partial charge >= 0.3 is 5.97 Å². The number of nitrogens with one attached hydrogen (secondary N) is 2. The number of carboxylic acid groups (broad SMARTS) is 1. The topological polar surface area (TPSA) is 102 Å². The number of hydrogen-bond donors (Lipinski definition) is 3. The molecule has 6 heteroatoms. The molecule has 6 nitrogen and oxygen atoms in total. The molecule has 26 heavy (non-hydrogen) atoms. The molecule has 0 heterocycles. The Morgan fingerprint density at radius 2 is 1.85 bits per heavy atom. The molecule has 0 aliphatic rings. The molecule has 0 saturated carbocycles. The van der Waals surface area contributed by atoms with Crippen molar-refractivity contribution in [2.24, 2.45) is 5.92 Å². The van der Waals surface area contributed by atoms with Crippen molar-refractivity contribution in [1.82, 2.24) is 10.6 Å². The van der Waals surface area contributed by atoms with Crippen LogP contribution in [0.1, 0.15) is 51.3 Å². The van der Waals surface area contributed by atoms with E-state index in [1.165, 1.54) is 11.8 Å². The van der Waals surface area contributed by atoms with Crippen molar-refractivity contribution < 1.29 is 14.7 Å². The van der Waals surface area contributed by atoms with Crippen LogP contribution in [0.4, 0.5) is 0 Å². The average Bonchev–Trinajstić information content (AvgIpc) is 2.61. The molecule has 1 aromatic carbocycles. The summed E-state index contributed by atoms with van der Waals surface area (Å²) < 4.78 is 0. The maximum absolute atomic E-state index is 12.2. The van der Waals surface area contributed by atoms with Crippen molar-refractivity contribution in [3.63, 3.8) is 0 Å². The van der Waals surface area contributed by atoms with E-state index in [4.69, 9.17) is 0 Å². The summed E-state index contributed by atoms with van der Waals surface area (Å²) >= 11 is 0. The lowest BCUT2D eigenvalue weighted by Crippen LogP contribution is -2.42. The van der Waals surface area contributed by atoms with Gasteiger partial charge in [-0.25, -0.2) is 4.79 Å². The van der Waals surface area contributed by atoms with Gasteiger partial charge in [0, 0.05) is 12.2 Å². The van der Waals surface area contributed by atoms with E-state index in [1.807, 2.05) is 51.1 Å². The zero-order valence-electron chi connectivity index (χ0n) is 15.7. The molecule has 2 unspecified atom stereocenters. The second-order valence-corrected chi connectivity index (χ2v) is 6.65. The minimum Gasteiger partial charge on any atom is -0.480 e. The molecular formula is C20H27N3O3. The Bertz CT molecular complexity index is 687. The summed E-state index contributed by atoms with van der Waals surface area (Å²) in [6.45, 7) is 7.75. The van der Waals surface area contributed by atoms with E-state index >= 15 is 0 Å². The molecule has 3 N–H and O–H groups in total. The Kier molecular flexibility index (Phi) is 8.36. The van der Waals surface area contributed by atoms with Crippen molar-refractivity contribution in [3.8, 4) is 6.07 Å². The molecule has 1 aromatic rings. The van der Waals surface area contributed by atoms with Crippen LogP contribution in [0, 0.1) is 17.2 Å². The minimum absolute atomic E-state index is 0.0945. The molecule has 1 rings (SSSR count). The van der Waals surface area contributed by atoms with Crippen LogP contribution in [-0.4, -0.2) is 23.0 Å². The summed E-state index contributed by atoms with van der Waals surface area (Å²) in [5, 5.41) is 23.8. The van der Waals surface area contributed by atoms with Crippen LogP contribution in [0.25, 0.3) is 0 Å². The number of aryl methyl sites for hydroxylation is 1. The van der Waals surface area contributed by atoms with Crippen LogP contribution in [0.2, 0.25) is 0 Å². The van der Waals surface area contributed by atoms with Gasteiger partial charge in [0.15, 0.2) is 0 Å². The quantitative estimate of drug-likeness (QED) is 0.466. The third-order valence-electron chi connectivity index (χ3n) is 4.04. The standard InChI is InChI=1S/C20H27N3O3/c1-5-15-6-8-16(9-7-15)14(4)22-12-17(11-21)19(24)23-18(20(25)26)10-13(2)3/h6-9,12-14,18,22H,5,10H2,1-4H3,(H,23,24)(H,25,26)/b17-12-. The minimum atomic E-state index is -1.11. The van der Waals surface area contributed by atoms with Gasteiger partial charge in [-0.3, -0.25) is 4.79 Å². The number of aliphatic carboxylic acids is 1. The molecule has 1 amide bonds. The van der Waals surface area contributed by atoms with Crippen LogP contribution < -0.4 is 10.6 Å². The first kappa shape index (κ1) is 21.2. The first-order valence-corrected chi connectivity index (χ1v) is 8.77. The number of carbonyl (C=O) groups is 2. The molecule has 0 radical (unpaired) electrons. The highest BCUT2D eigenvalue weighted by Crippen LogP contribution is 2.14. The third-order valence-corrected chi connectivity index (χ3v) is 4.04. The Morgan fingerprint density at radius 3 is 2.31 bits per heavy atom. The zero-order chi connectivity index (χ0) is 19.7. The van der Waals surface area contributed by atoms with E-state index in [2.05, 4.69) is 17.6 Å². The van der Waals surface area contributed by atoms with E-state index in [0.717, 1.165) is 12.0 Å². The maximum Gasteiger partial charge on any atom is 0.326 e. The van der Waals surface area contributed by atoms with Crippen LogP contribution >= 0.6 is 0 Å². The highest BCUT2D eigenvalue weighted by atomic mass is 16.4. The van der Waals surface area contributed by atoms with Gasteiger partial charge in [0.2, 0.25) is 0 Å². The van der Waals surface area contributed by atoms with Crippen LogP contribution in [-0.2, 0) is 16.0 Å². The largest absolute Gasteiger partial charge is 0.480 e. The van der Waals surface area contributed by atoms with Gasteiger partial charge in [-0.1, -0.05) is 45.0 Å². The monoisotopic (exact) mass is 357 g/mol. The summed E-state index contributed by atoms with van der Waals surface area (Å²) in [5.74, 6) is -1.70. The van der Waals surface area contributed by atoms with Crippen molar-refractivity contribution in [2.75, 3.05) is 0 Å². The molecular weight excluding hydrogens is 330 g/mol. The number of benzene rings is 1. The number of carboxylic acids is 1. The van der Waals surface area contributed by atoms with Gasteiger partial charge in [-0.15, -0.1) is 0 Å². The van der Waals surface area contributed by atoms with Gasteiger partial charge in [0.05, 0.1) is 0 Å². The van der Waals surface area contributed by atoms with Gasteiger partial charge < -0.3 is 15.7 Å². The second kappa shape index (κ2) is 10.2. The lowest BCUT2D eigenvalue weighted by atomic mass is 10.0. The van der Waals surface area contributed by atoms with Gasteiger partial charge in [0.1, 0.15) is 17.7 Å². The van der Waals surface area contributed by atoms with Gasteiger partial charge in [-0.2, -0.15) is 5.26 Å². The Hall–Kier alpha value is -2.81. The molecule has 0 aliphatic carbocycles. The van der Waals surface area contributed by atoms with E-state index in [1.54, 1.807) is 0 Å². The number of rotatable bonds is 9. The Morgan fingerprint density at radius 1 is 1.23 bits per heavy atom. The first-order valence-electron chi connectivity index (χ1n) is 8.77. The fourth-order valence-corrected chi connectivity index (χ4v) is 2.42. The molecule has 0 aromatic heterocycles. The predicted molar refractivity (Wildman–Crippen MR) is 100 cm³/mol. The number of carbonyl (C=O) groups excluding carboxylic acids is 1. The molecule has 0 spiro atoms. The molecule has 140 valence electrons. The molecule has 2 atom stereocenters. The Balaban J connectivity index is 2.77. The van der Waals surface area contributed by atoms with Crippen molar-refractivity contribution >= 4 is 11.9 Å². The van der Waals surface area contributed by atoms with Gasteiger partial charge in [0.25, 0.3) is 5.91 Å². The van der Waals surface area contributed by atoms with Gasteiger partial charge in [-0.05, 0) is 36.8 Å². The predicted octanol–water partition coefficient (Wildman–Crippen LogP) is 2.92. The van der Waals surface area contributed by atoms with E-state index in [9.17, 15) is 20.0 Å². The van der Waals surface area contributed by atoms with Crippen LogP contribution in [0.15, 0.2) is 36.0 Å². The van der Waals surface area contributed by atoms with Crippen molar-refractivity contribution in [2.45, 2.75) is 52.6 Å². The third kappa shape index (κ3) is 6.60. The SMILES string of the molecule is CCc1ccc(C(C)N/C=C(/C#N)C(=O)NC(CC(C)C)C(=O)O)cc1. The summed E-state index contributed by atoms with van der Waals surface area (Å²) in [7, 11) is 0. The van der Waals surface area contributed by atoms with Crippen molar-refractivity contribution in [3.05, 3.63) is 47.2 Å². The highest BCUT2D eigenvalue weighted by Gasteiger charge is 2.22. The lowest BCUT2D eigenvalue weighted by Gasteiger charge is -2.17. The van der Waals surface area contributed by atoms with E-state index < -0.39 is 17.9 Å². The summed E-state index contributed by atoms with van der Waals surface area (Å²) in [4.78, 5) is 23.4. The zero-order valence-corrected chi connectivity index (χ0v) is 15.7. The lowest BCUT2D eigenvalue weighted by molar-refractivity contribution is -0.141. The van der Waals surface area contributed by atoms with E-state index in [0.29, 0.717) is 6.42 Å². The number of hydrogen-bond acceptors (Lipinski definition) is 4. The highest BCUT2D eigenvalue weighted by molar-refractivity contribution is 5.99. The normalized spacial score (nSPS) is 13.6. The molecule has 0 fully saturated rings. The molecule has 0 saturated heterocycles. The van der Waals surface area contributed by atoms with Crippen molar-refractivity contribution in [1.29, 1.82) is 5.26 Å². The van der Waals surface area contributed by atoms with Crippen LogP contribution in [0.5, 0.6) is 0 Å². The summed E-state index contributed by atoms with van der Waals surface area (Å²) in [6, 6.07) is 8.79. The smallest absolute Gasteiger partial charge is 0.326 e. The first-order chi connectivity index (χ1) is 12.3. The molecule has 0 bridgehead atoms. The maximum atomic E-state index is 12.2. The second-order valence-electron chi connectivity index (χ2n) is 6.65. The summed E-state index contributed by atoms with van der Waals surface area (Å²) in [6.07, 6.45) is 2.59. The summed E-state index contributed by atoms with van der Waals surface area (Å²) in [5.41, 5.74) is 2.11. The fraction of sp³-hybridized carbons (Fsp3) is 0.450. The van der Waals surface area contributed by atoms with Crippen LogP contribution in [0.3, 0.4) is 0 Å². The number of nitrogens with zero attached hydrogens (tertiary/aromatic N) is 1. The van der Waals surface area contributed by atoms with E-state index in [-0.39, 0.29) is 17.5 Å². The average molecular weight is 357 g/mol. The number of nitriles is 1. The molecule has 0 aliphatic heterocycles. The Labute approximate surface area is 154 Å².